The Morgan fingerprint density at radius 3 is 1.97 bits per heavy atom. The van der Waals surface area contributed by atoms with E-state index in [2.05, 4.69) is 0 Å². The first-order valence-electron chi connectivity index (χ1n) is 12.0. The molecule has 1 N–H and O–H groups in total. The highest BCUT2D eigenvalue weighted by molar-refractivity contribution is 7.92. The third-order valence-corrected chi connectivity index (χ3v) is 8.77. The van der Waals surface area contributed by atoms with Crippen LogP contribution in [0.5, 0.6) is 5.75 Å². The van der Waals surface area contributed by atoms with Crippen LogP contribution in [0.3, 0.4) is 0 Å². The molecular weight excluding hydrogens is 543 g/mol. The van der Waals surface area contributed by atoms with Gasteiger partial charge in [-0.1, -0.05) is 40.9 Å². The first-order valence-corrected chi connectivity index (χ1v) is 14.2. The molecule has 0 saturated carbocycles. The molecule has 0 amide bonds. The van der Waals surface area contributed by atoms with Crippen LogP contribution in [0.25, 0.3) is 21.8 Å². The average molecular weight is 570 g/mol. The summed E-state index contributed by atoms with van der Waals surface area (Å²) in [5, 5.41) is 14.0. The number of aryl methyl sites for hydroxylation is 1. The molecule has 5 rings (SSSR count). The number of aromatic nitrogens is 1. The molecule has 4 aromatic carbocycles. The third-order valence-electron chi connectivity index (χ3n) is 6.50. The van der Waals surface area contributed by atoms with Gasteiger partial charge in [0.2, 0.25) is 0 Å². The minimum Gasteiger partial charge on any atom is -0.491 e. The molecule has 9 heteroatoms. The number of halogens is 2. The zero-order chi connectivity index (χ0) is 27.0. The fraction of sp³-hybridized carbons (Fsp3) is 0.172. The smallest absolute Gasteiger partial charge is 0.264 e. The second-order valence-corrected chi connectivity index (χ2v) is 12.0. The maximum atomic E-state index is 13.0. The number of aliphatic hydroxyl groups is 1. The van der Waals surface area contributed by atoms with E-state index in [-0.39, 0.29) is 11.5 Å². The Balaban J connectivity index is 1.28. The molecular formula is C29H26Cl2N2O4S. The van der Waals surface area contributed by atoms with E-state index in [1.165, 1.54) is 11.4 Å². The Bertz CT molecular complexity index is 1660. The van der Waals surface area contributed by atoms with E-state index in [0.717, 1.165) is 27.4 Å². The van der Waals surface area contributed by atoms with E-state index < -0.39 is 16.1 Å². The molecule has 196 valence electrons. The Labute approximate surface area is 231 Å². The predicted octanol–water partition coefficient (Wildman–Crippen LogP) is 6.67. The molecule has 0 aliphatic carbocycles. The van der Waals surface area contributed by atoms with E-state index >= 15 is 0 Å². The molecule has 0 radical (unpaired) electrons. The molecule has 1 heterocycles. The van der Waals surface area contributed by atoms with Gasteiger partial charge in [-0.2, -0.15) is 0 Å². The van der Waals surface area contributed by atoms with Gasteiger partial charge < -0.3 is 14.4 Å². The molecule has 5 aromatic rings. The van der Waals surface area contributed by atoms with Crippen molar-refractivity contribution in [1.82, 2.24) is 4.57 Å². The fourth-order valence-electron chi connectivity index (χ4n) is 4.46. The molecule has 1 unspecified atom stereocenters. The van der Waals surface area contributed by atoms with Crippen molar-refractivity contribution in [3.63, 3.8) is 0 Å². The van der Waals surface area contributed by atoms with Crippen molar-refractivity contribution in [3.8, 4) is 5.75 Å². The molecule has 38 heavy (non-hydrogen) atoms. The predicted molar refractivity (Wildman–Crippen MR) is 154 cm³/mol. The second kappa shape index (κ2) is 10.5. The minimum atomic E-state index is -3.68. The topological polar surface area (TPSA) is 71.8 Å². The van der Waals surface area contributed by atoms with Gasteiger partial charge in [-0.25, -0.2) is 8.42 Å². The number of hydrogen-bond donors (Lipinski definition) is 1. The zero-order valence-corrected chi connectivity index (χ0v) is 23.1. The molecule has 0 aliphatic heterocycles. The molecule has 0 spiro atoms. The molecule has 0 bridgehead atoms. The maximum Gasteiger partial charge on any atom is 0.264 e. The summed E-state index contributed by atoms with van der Waals surface area (Å²) >= 11 is 12.5. The number of aliphatic hydroxyl groups excluding tert-OH is 1. The maximum absolute atomic E-state index is 13.0. The van der Waals surface area contributed by atoms with Crippen LogP contribution in [-0.4, -0.2) is 37.8 Å². The molecule has 0 aliphatic rings. The summed E-state index contributed by atoms with van der Waals surface area (Å²) in [6.45, 7) is 2.27. The van der Waals surface area contributed by atoms with Gasteiger partial charge in [-0.15, -0.1) is 0 Å². The molecule has 6 nitrogen and oxygen atoms in total. The van der Waals surface area contributed by atoms with Crippen LogP contribution in [0.2, 0.25) is 10.0 Å². The van der Waals surface area contributed by atoms with Crippen molar-refractivity contribution in [2.24, 2.45) is 0 Å². The quantitative estimate of drug-likeness (QED) is 0.227. The Kier molecular flexibility index (Phi) is 7.29. The number of anilines is 1. The summed E-state index contributed by atoms with van der Waals surface area (Å²) in [5.74, 6) is 0.523. The number of hydrogen-bond acceptors (Lipinski definition) is 4. The summed E-state index contributed by atoms with van der Waals surface area (Å²) in [6, 6.07) is 24.8. The lowest BCUT2D eigenvalue weighted by molar-refractivity contribution is 0.0945. The van der Waals surface area contributed by atoms with Gasteiger partial charge >= 0.3 is 0 Å². The van der Waals surface area contributed by atoms with Crippen LogP contribution in [0.4, 0.5) is 5.69 Å². The van der Waals surface area contributed by atoms with Crippen LogP contribution in [0, 0.1) is 6.92 Å². The highest BCUT2D eigenvalue weighted by Crippen LogP contribution is 2.33. The highest BCUT2D eigenvalue weighted by Gasteiger charge is 2.21. The number of sulfonamides is 1. The molecule has 1 atom stereocenters. The minimum absolute atomic E-state index is 0.0548. The van der Waals surface area contributed by atoms with Gasteiger partial charge in [0.15, 0.2) is 0 Å². The lowest BCUT2D eigenvalue weighted by atomic mass is 10.1. The number of nitrogens with zero attached hydrogens (tertiary/aromatic N) is 2. The van der Waals surface area contributed by atoms with Gasteiger partial charge in [-0.3, -0.25) is 4.31 Å². The van der Waals surface area contributed by atoms with Gasteiger partial charge in [-0.05, 0) is 79.7 Å². The van der Waals surface area contributed by atoms with Crippen LogP contribution < -0.4 is 9.04 Å². The molecule has 1 aromatic heterocycles. The number of fused-ring (bicyclic) bond motifs is 3. The van der Waals surface area contributed by atoms with E-state index in [1.54, 1.807) is 48.5 Å². The van der Waals surface area contributed by atoms with E-state index in [9.17, 15) is 13.5 Å². The SMILES string of the molecule is Cc1ccc(S(=O)(=O)N(C)c2ccc(OCC(O)Cn3c4ccc(Cl)cc4c4cc(Cl)ccc43)cc2)cc1. The van der Waals surface area contributed by atoms with E-state index in [0.29, 0.717) is 28.0 Å². The number of benzene rings is 4. The van der Waals surface area contributed by atoms with Crippen molar-refractivity contribution in [3.05, 3.63) is 101 Å². The van der Waals surface area contributed by atoms with Crippen LogP contribution >= 0.6 is 23.2 Å². The lowest BCUT2D eigenvalue weighted by Crippen LogP contribution is -2.26. The molecule has 0 fully saturated rings. The lowest BCUT2D eigenvalue weighted by Gasteiger charge is -2.20. The molecule has 0 saturated heterocycles. The average Bonchev–Trinajstić information content (AvgIpc) is 3.19. The summed E-state index contributed by atoms with van der Waals surface area (Å²) < 4.78 is 35.0. The van der Waals surface area contributed by atoms with Crippen molar-refractivity contribution in [2.75, 3.05) is 18.0 Å². The van der Waals surface area contributed by atoms with Gasteiger partial charge in [0.05, 0.1) is 17.1 Å². The highest BCUT2D eigenvalue weighted by atomic mass is 35.5. The van der Waals surface area contributed by atoms with Crippen LogP contribution in [0.15, 0.2) is 89.8 Å². The van der Waals surface area contributed by atoms with Gasteiger partial charge in [0.1, 0.15) is 18.5 Å². The van der Waals surface area contributed by atoms with Gasteiger partial charge in [0.25, 0.3) is 10.0 Å². The van der Waals surface area contributed by atoms with Crippen molar-refractivity contribution >= 4 is 60.7 Å². The first-order chi connectivity index (χ1) is 18.1. The van der Waals surface area contributed by atoms with E-state index in [4.69, 9.17) is 27.9 Å². The van der Waals surface area contributed by atoms with Crippen LogP contribution in [-0.2, 0) is 16.6 Å². The first kappa shape index (κ1) is 26.4. The van der Waals surface area contributed by atoms with Gasteiger partial charge in [0, 0.05) is 38.9 Å². The van der Waals surface area contributed by atoms with Crippen molar-refractivity contribution < 1.29 is 18.3 Å². The zero-order valence-electron chi connectivity index (χ0n) is 20.8. The number of rotatable bonds is 8. The summed E-state index contributed by atoms with van der Waals surface area (Å²) in [6.07, 6.45) is -0.801. The van der Waals surface area contributed by atoms with Crippen molar-refractivity contribution in [1.29, 1.82) is 0 Å². The van der Waals surface area contributed by atoms with Crippen molar-refractivity contribution in [2.45, 2.75) is 24.5 Å². The summed E-state index contributed by atoms with van der Waals surface area (Å²) in [7, 11) is -2.17. The second-order valence-electron chi connectivity index (χ2n) is 9.18. The Morgan fingerprint density at radius 1 is 0.868 bits per heavy atom. The van der Waals surface area contributed by atoms with E-state index in [1.807, 2.05) is 47.9 Å². The Hall–Kier alpha value is -3.23. The third kappa shape index (κ3) is 5.20. The number of ether oxygens (including phenoxy) is 1. The largest absolute Gasteiger partial charge is 0.491 e. The standard InChI is InChI=1S/C29H26Cl2N2O4S/c1-19-3-11-25(12-4-19)38(35,36)32(2)22-7-9-24(10-8-22)37-18-23(34)17-33-28-13-5-20(30)15-26(28)27-16-21(31)6-14-29(27)33/h3-16,23,34H,17-18H2,1-2H3. The van der Waals surface area contributed by atoms with Crippen LogP contribution in [0.1, 0.15) is 5.56 Å². The summed E-state index contributed by atoms with van der Waals surface area (Å²) in [5.41, 5.74) is 3.36. The fourth-order valence-corrected chi connectivity index (χ4v) is 6.00. The Morgan fingerprint density at radius 2 is 1.42 bits per heavy atom. The monoisotopic (exact) mass is 568 g/mol. The normalized spacial score (nSPS) is 12.7. The summed E-state index contributed by atoms with van der Waals surface area (Å²) in [4.78, 5) is 0.226.